The highest BCUT2D eigenvalue weighted by Gasteiger charge is 2.16. The van der Waals surface area contributed by atoms with Crippen molar-refractivity contribution < 1.29 is 4.79 Å². The summed E-state index contributed by atoms with van der Waals surface area (Å²) >= 11 is 9.94. The minimum atomic E-state index is 0.0645. The molecule has 0 spiro atoms. The van der Waals surface area contributed by atoms with Crippen LogP contribution >= 0.6 is 54.5 Å². The molecule has 0 atom stereocenters. The molecule has 0 bridgehead atoms. The Morgan fingerprint density at radius 2 is 2.25 bits per heavy atom. The molecule has 3 aromatic heterocycles. The summed E-state index contributed by atoms with van der Waals surface area (Å²) < 4.78 is 3.68. The van der Waals surface area contributed by atoms with Gasteiger partial charge in [-0.1, -0.05) is 6.07 Å². The molecule has 0 aliphatic carbocycles. The average Bonchev–Trinajstić information content (AvgIpc) is 3.09. The van der Waals surface area contributed by atoms with Gasteiger partial charge >= 0.3 is 0 Å². The van der Waals surface area contributed by atoms with Crippen LogP contribution in [0.4, 0.5) is 0 Å². The number of imidazole rings is 1. The highest BCUT2D eigenvalue weighted by atomic mass is 79.9. The normalized spacial score (nSPS) is 10.9. The number of carbonyl (C=O) groups excluding carboxylic acids is 1. The Balaban J connectivity index is 1.87. The molecule has 0 amide bonds. The van der Waals surface area contributed by atoms with Gasteiger partial charge < -0.3 is 4.57 Å². The number of rotatable bonds is 4. The van der Waals surface area contributed by atoms with Gasteiger partial charge in [0, 0.05) is 18.0 Å². The van der Waals surface area contributed by atoms with Crippen molar-refractivity contribution in [3.63, 3.8) is 0 Å². The molecule has 0 aliphatic rings. The van der Waals surface area contributed by atoms with Gasteiger partial charge in [0.25, 0.3) is 0 Å². The SMILES string of the molecule is O=C(Cn1ccnc1-c1cccs1)c1cc(Br)sc1Br. The summed E-state index contributed by atoms with van der Waals surface area (Å²) in [6.07, 6.45) is 3.56. The molecule has 0 saturated heterocycles. The van der Waals surface area contributed by atoms with Gasteiger partial charge in [-0.25, -0.2) is 4.98 Å². The third-order valence-electron chi connectivity index (χ3n) is 2.73. The Kier molecular flexibility index (Phi) is 4.21. The standard InChI is InChI=1S/C13H8Br2N2OS2/c14-11-6-8(12(15)20-11)9(18)7-17-4-3-16-13(17)10-2-1-5-19-10/h1-6H,7H2. The van der Waals surface area contributed by atoms with Crippen LogP contribution in [0, 0.1) is 0 Å². The smallest absolute Gasteiger partial charge is 0.184 e. The molecule has 102 valence electrons. The van der Waals surface area contributed by atoms with Crippen molar-refractivity contribution in [3.05, 3.63) is 49.1 Å². The average molecular weight is 432 g/mol. The summed E-state index contributed by atoms with van der Waals surface area (Å²) in [5, 5.41) is 2.00. The van der Waals surface area contributed by atoms with Crippen LogP contribution in [0.2, 0.25) is 0 Å². The highest BCUT2D eigenvalue weighted by molar-refractivity contribution is 9.12. The molecule has 7 heteroatoms. The van der Waals surface area contributed by atoms with Gasteiger partial charge in [-0.3, -0.25) is 4.79 Å². The summed E-state index contributed by atoms with van der Waals surface area (Å²) in [5.41, 5.74) is 0.702. The van der Waals surface area contributed by atoms with Crippen molar-refractivity contribution in [2.45, 2.75) is 6.54 Å². The van der Waals surface area contributed by atoms with E-state index in [2.05, 4.69) is 36.8 Å². The quantitative estimate of drug-likeness (QED) is 0.539. The van der Waals surface area contributed by atoms with Crippen LogP contribution < -0.4 is 0 Å². The zero-order chi connectivity index (χ0) is 14.1. The Morgan fingerprint density at radius 3 is 2.90 bits per heavy atom. The lowest BCUT2D eigenvalue weighted by Gasteiger charge is -2.05. The van der Waals surface area contributed by atoms with Crippen molar-refractivity contribution in [3.8, 4) is 10.7 Å². The lowest BCUT2D eigenvalue weighted by Crippen LogP contribution is -2.10. The van der Waals surface area contributed by atoms with Gasteiger partial charge in [0.1, 0.15) is 5.82 Å². The van der Waals surface area contributed by atoms with Crippen LogP contribution in [-0.4, -0.2) is 15.3 Å². The van der Waals surface area contributed by atoms with E-state index in [0.29, 0.717) is 5.56 Å². The molecule has 0 N–H and O–H groups in total. The van der Waals surface area contributed by atoms with Crippen molar-refractivity contribution in [2.75, 3.05) is 0 Å². The first-order valence-corrected chi connectivity index (χ1v) is 8.96. The van der Waals surface area contributed by atoms with E-state index in [4.69, 9.17) is 0 Å². The van der Waals surface area contributed by atoms with Crippen LogP contribution in [-0.2, 0) is 6.54 Å². The number of halogens is 2. The van der Waals surface area contributed by atoms with Crippen LogP contribution in [0.25, 0.3) is 10.7 Å². The number of thiophene rings is 2. The molecule has 20 heavy (non-hydrogen) atoms. The van der Waals surface area contributed by atoms with Crippen LogP contribution in [0.3, 0.4) is 0 Å². The first-order valence-electron chi connectivity index (χ1n) is 5.68. The predicted molar refractivity (Wildman–Crippen MR) is 89.6 cm³/mol. The van der Waals surface area contributed by atoms with Crippen LogP contribution in [0.15, 0.2) is 43.5 Å². The van der Waals surface area contributed by atoms with Crippen LogP contribution in [0.1, 0.15) is 10.4 Å². The van der Waals surface area contributed by atoms with E-state index in [9.17, 15) is 4.79 Å². The van der Waals surface area contributed by atoms with Crippen molar-refractivity contribution in [1.29, 1.82) is 0 Å². The first-order chi connectivity index (χ1) is 9.65. The molecule has 0 aliphatic heterocycles. The second-order valence-corrected chi connectivity index (χ2v) is 8.71. The van der Waals surface area contributed by atoms with E-state index in [-0.39, 0.29) is 12.3 Å². The van der Waals surface area contributed by atoms with E-state index in [1.165, 1.54) is 11.3 Å². The summed E-state index contributed by atoms with van der Waals surface area (Å²) in [7, 11) is 0. The summed E-state index contributed by atoms with van der Waals surface area (Å²) in [4.78, 5) is 17.8. The minimum Gasteiger partial charge on any atom is -0.323 e. The minimum absolute atomic E-state index is 0.0645. The van der Waals surface area contributed by atoms with E-state index in [1.54, 1.807) is 17.5 Å². The maximum Gasteiger partial charge on any atom is 0.184 e. The number of hydrogen-bond donors (Lipinski definition) is 0. The summed E-state index contributed by atoms with van der Waals surface area (Å²) in [6, 6.07) is 5.83. The molecular formula is C13H8Br2N2OS2. The van der Waals surface area contributed by atoms with Gasteiger partial charge in [-0.2, -0.15) is 0 Å². The Labute approximate surface area is 140 Å². The second kappa shape index (κ2) is 5.93. The van der Waals surface area contributed by atoms with Gasteiger partial charge in [-0.15, -0.1) is 22.7 Å². The molecule has 0 radical (unpaired) electrons. The topological polar surface area (TPSA) is 34.9 Å². The third-order valence-corrected chi connectivity index (χ3v) is 5.93. The number of hydrogen-bond acceptors (Lipinski definition) is 4. The zero-order valence-corrected chi connectivity index (χ0v) is 14.9. The van der Waals surface area contributed by atoms with Gasteiger partial charge in [0.15, 0.2) is 5.78 Å². The van der Waals surface area contributed by atoms with E-state index in [1.807, 2.05) is 34.3 Å². The maximum absolute atomic E-state index is 12.4. The Morgan fingerprint density at radius 1 is 1.40 bits per heavy atom. The first kappa shape index (κ1) is 14.2. The summed E-state index contributed by atoms with van der Waals surface area (Å²) in [6.45, 7) is 0.287. The van der Waals surface area contributed by atoms with E-state index in [0.717, 1.165) is 18.3 Å². The lowest BCUT2D eigenvalue weighted by molar-refractivity contribution is 0.0972. The molecule has 0 fully saturated rings. The molecule has 3 aromatic rings. The predicted octanol–water partition coefficient (Wildman–Crippen LogP) is 5.08. The number of carbonyl (C=O) groups is 1. The maximum atomic E-state index is 12.4. The third kappa shape index (κ3) is 2.81. The number of ketones is 1. The lowest BCUT2D eigenvalue weighted by atomic mass is 10.2. The Bertz CT molecular complexity index is 746. The molecule has 0 saturated carbocycles. The van der Waals surface area contributed by atoms with E-state index >= 15 is 0 Å². The van der Waals surface area contributed by atoms with Crippen molar-refractivity contribution in [2.24, 2.45) is 0 Å². The number of aromatic nitrogens is 2. The molecule has 0 unspecified atom stereocenters. The van der Waals surface area contributed by atoms with Gasteiger partial charge in [0.2, 0.25) is 0 Å². The summed E-state index contributed by atoms with van der Waals surface area (Å²) in [5.74, 6) is 0.897. The monoisotopic (exact) mass is 430 g/mol. The number of nitrogens with zero attached hydrogens (tertiary/aromatic N) is 2. The van der Waals surface area contributed by atoms with Crippen molar-refractivity contribution >= 4 is 60.3 Å². The van der Waals surface area contributed by atoms with Gasteiger partial charge in [-0.05, 0) is 49.4 Å². The highest BCUT2D eigenvalue weighted by Crippen LogP contribution is 2.32. The van der Waals surface area contributed by atoms with Crippen LogP contribution in [0.5, 0.6) is 0 Å². The number of Topliss-reactive ketones (excluding diaryl/α,β-unsaturated/α-hetero) is 1. The fourth-order valence-corrected chi connectivity index (χ4v) is 5.43. The zero-order valence-electron chi connectivity index (χ0n) is 10.0. The fraction of sp³-hybridized carbons (Fsp3) is 0.0769. The molecule has 3 heterocycles. The van der Waals surface area contributed by atoms with E-state index < -0.39 is 0 Å². The fourth-order valence-electron chi connectivity index (χ4n) is 1.84. The van der Waals surface area contributed by atoms with Crippen molar-refractivity contribution in [1.82, 2.24) is 9.55 Å². The molecular weight excluding hydrogens is 424 g/mol. The second-order valence-electron chi connectivity index (χ2n) is 4.02. The molecule has 3 nitrogen and oxygen atoms in total. The molecule has 0 aromatic carbocycles. The molecule has 3 rings (SSSR count). The largest absolute Gasteiger partial charge is 0.323 e. The Hall–Kier alpha value is -0.760. The van der Waals surface area contributed by atoms with Gasteiger partial charge in [0.05, 0.1) is 19.0 Å².